The number of aliphatic hydroxyl groups excluding tert-OH is 1. The van der Waals surface area contributed by atoms with Crippen molar-refractivity contribution in [3.63, 3.8) is 0 Å². The summed E-state index contributed by atoms with van der Waals surface area (Å²) in [6, 6.07) is 7.89. The van der Waals surface area contributed by atoms with Crippen LogP contribution >= 0.6 is 0 Å². The molecule has 0 aliphatic carbocycles. The standard InChI is InChI=1S/C11H14O/c1-9(2)7-10-5-3-4-6-11(10)8-12/h3-6,12H,1,7-8H2,2H3. The van der Waals surface area contributed by atoms with Gasteiger partial charge in [0, 0.05) is 0 Å². The molecule has 0 saturated carbocycles. The molecule has 1 heteroatoms. The van der Waals surface area contributed by atoms with Gasteiger partial charge < -0.3 is 5.11 Å². The minimum atomic E-state index is 0.115. The van der Waals surface area contributed by atoms with Crippen LogP contribution in [-0.4, -0.2) is 5.11 Å². The van der Waals surface area contributed by atoms with Gasteiger partial charge in [-0.2, -0.15) is 0 Å². The molecule has 1 N–H and O–H groups in total. The Labute approximate surface area is 73.4 Å². The molecule has 0 aliphatic rings. The van der Waals surface area contributed by atoms with Crippen LogP contribution in [0.5, 0.6) is 0 Å². The molecule has 64 valence electrons. The van der Waals surface area contributed by atoms with Gasteiger partial charge in [-0.3, -0.25) is 0 Å². The first-order chi connectivity index (χ1) is 5.74. The molecular formula is C11H14O. The predicted molar refractivity (Wildman–Crippen MR) is 50.9 cm³/mol. The fourth-order valence-corrected chi connectivity index (χ4v) is 1.21. The van der Waals surface area contributed by atoms with Crippen molar-refractivity contribution in [2.45, 2.75) is 20.0 Å². The molecule has 0 spiro atoms. The van der Waals surface area contributed by atoms with Crippen LogP contribution in [0.2, 0.25) is 0 Å². The lowest BCUT2D eigenvalue weighted by Gasteiger charge is -2.05. The van der Waals surface area contributed by atoms with Crippen molar-refractivity contribution in [3.8, 4) is 0 Å². The van der Waals surface area contributed by atoms with Crippen LogP contribution in [0.4, 0.5) is 0 Å². The van der Waals surface area contributed by atoms with E-state index in [1.807, 2.05) is 31.2 Å². The molecule has 0 unspecified atom stereocenters. The molecular weight excluding hydrogens is 148 g/mol. The van der Waals surface area contributed by atoms with Crippen molar-refractivity contribution in [2.75, 3.05) is 0 Å². The second-order valence-electron chi connectivity index (χ2n) is 3.06. The van der Waals surface area contributed by atoms with E-state index >= 15 is 0 Å². The molecule has 1 rings (SSSR count). The fourth-order valence-electron chi connectivity index (χ4n) is 1.21. The van der Waals surface area contributed by atoms with E-state index in [-0.39, 0.29) is 6.61 Å². The molecule has 0 saturated heterocycles. The van der Waals surface area contributed by atoms with Gasteiger partial charge in [0.15, 0.2) is 0 Å². The van der Waals surface area contributed by atoms with Crippen molar-refractivity contribution < 1.29 is 5.11 Å². The van der Waals surface area contributed by atoms with Gasteiger partial charge in [0.2, 0.25) is 0 Å². The first-order valence-corrected chi connectivity index (χ1v) is 4.06. The van der Waals surface area contributed by atoms with Gasteiger partial charge in [-0.25, -0.2) is 0 Å². The Balaban J connectivity index is 2.89. The van der Waals surface area contributed by atoms with Gasteiger partial charge in [-0.05, 0) is 24.5 Å². The minimum Gasteiger partial charge on any atom is -0.392 e. The first-order valence-electron chi connectivity index (χ1n) is 4.06. The lowest BCUT2D eigenvalue weighted by molar-refractivity contribution is 0.281. The lowest BCUT2D eigenvalue weighted by Crippen LogP contribution is -1.93. The maximum atomic E-state index is 9.00. The highest BCUT2D eigenvalue weighted by Gasteiger charge is 1.99. The zero-order valence-electron chi connectivity index (χ0n) is 7.38. The van der Waals surface area contributed by atoms with Crippen LogP contribution in [0.15, 0.2) is 36.4 Å². The van der Waals surface area contributed by atoms with Crippen molar-refractivity contribution in [1.82, 2.24) is 0 Å². The average Bonchev–Trinajstić information content (AvgIpc) is 2.04. The van der Waals surface area contributed by atoms with Crippen molar-refractivity contribution in [3.05, 3.63) is 47.5 Å². The summed E-state index contributed by atoms with van der Waals surface area (Å²) < 4.78 is 0. The lowest BCUT2D eigenvalue weighted by atomic mass is 10.0. The molecule has 12 heavy (non-hydrogen) atoms. The number of rotatable bonds is 3. The summed E-state index contributed by atoms with van der Waals surface area (Å²) in [5, 5.41) is 9.00. The van der Waals surface area contributed by atoms with Gasteiger partial charge in [0.05, 0.1) is 6.61 Å². The van der Waals surface area contributed by atoms with Crippen LogP contribution in [0.3, 0.4) is 0 Å². The number of hydrogen-bond acceptors (Lipinski definition) is 1. The highest BCUT2D eigenvalue weighted by atomic mass is 16.3. The summed E-state index contributed by atoms with van der Waals surface area (Å²) >= 11 is 0. The number of benzene rings is 1. The van der Waals surface area contributed by atoms with Gasteiger partial charge in [-0.1, -0.05) is 36.4 Å². The van der Waals surface area contributed by atoms with Crippen LogP contribution in [0, 0.1) is 0 Å². The van der Waals surface area contributed by atoms with Crippen LogP contribution in [0.25, 0.3) is 0 Å². The summed E-state index contributed by atoms with van der Waals surface area (Å²) in [4.78, 5) is 0. The Morgan fingerprint density at radius 2 is 1.92 bits per heavy atom. The zero-order chi connectivity index (χ0) is 8.97. The van der Waals surface area contributed by atoms with Crippen molar-refractivity contribution >= 4 is 0 Å². The smallest absolute Gasteiger partial charge is 0.0684 e. The summed E-state index contributed by atoms with van der Waals surface area (Å²) in [5.41, 5.74) is 3.30. The first kappa shape index (κ1) is 9.01. The molecule has 0 bridgehead atoms. The van der Waals surface area contributed by atoms with Crippen LogP contribution < -0.4 is 0 Å². The summed E-state index contributed by atoms with van der Waals surface area (Å²) in [6.45, 7) is 5.95. The largest absolute Gasteiger partial charge is 0.392 e. The van der Waals surface area contributed by atoms with Crippen molar-refractivity contribution in [1.29, 1.82) is 0 Å². The van der Waals surface area contributed by atoms with E-state index in [0.29, 0.717) is 0 Å². The maximum absolute atomic E-state index is 9.00. The molecule has 0 atom stereocenters. The monoisotopic (exact) mass is 162 g/mol. The summed E-state index contributed by atoms with van der Waals surface area (Å²) in [5.74, 6) is 0. The number of hydrogen-bond donors (Lipinski definition) is 1. The molecule has 1 aromatic rings. The third kappa shape index (κ3) is 2.21. The molecule has 0 radical (unpaired) electrons. The van der Waals surface area contributed by atoms with Crippen molar-refractivity contribution in [2.24, 2.45) is 0 Å². The summed E-state index contributed by atoms with van der Waals surface area (Å²) in [7, 11) is 0. The second-order valence-corrected chi connectivity index (χ2v) is 3.06. The minimum absolute atomic E-state index is 0.115. The molecule has 0 fully saturated rings. The second kappa shape index (κ2) is 4.07. The molecule has 0 amide bonds. The highest BCUT2D eigenvalue weighted by Crippen LogP contribution is 2.12. The highest BCUT2D eigenvalue weighted by molar-refractivity contribution is 5.29. The van der Waals surface area contributed by atoms with E-state index < -0.39 is 0 Å². The van der Waals surface area contributed by atoms with Crippen LogP contribution in [0.1, 0.15) is 18.1 Å². The molecule has 1 aromatic carbocycles. The Kier molecular flexibility index (Phi) is 3.06. The molecule has 0 aliphatic heterocycles. The van der Waals surface area contributed by atoms with E-state index in [9.17, 15) is 0 Å². The molecule has 1 nitrogen and oxygen atoms in total. The molecule has 0 aromatic heterocycles. The van der Waals surface area contributed by atoms with E-state index in [2.05, 4.69) is 6.58 Å². The third-order valence-corrected chi connectivity index (χ3v) is 1.78. The van der Waals surface area contributed by atoms with E-state index in [1.54, 1.807) is 0 Å². The topological polar surface area (TPSA) is 20.2 Å². The van der Waals surface area contributed by atoms with Gasteiger partial charge >= 0.3 is 0 Å². The predicted octanol–water partition coefficient (Wildman–Crippen LogP) is 2.30. The quantitative estimate of drug-likeness (QED) is 0.676. The zero-order valence-corrected chi connectivity index (χ0v) is 7.38. The summed E-state index contributed by atoms with van der Waals surface area (Å²) in [6.07, 6.45) is 0.858. The van der Waals surface area contributed by atoms with E-state index in [4.69, 9.17) is 5.11 Å². The van der Waals surface area contributed by atoms with Gasteiger partial charge in [0.1, 0.15) is 0 Å². The Bertz CT molecular complexity index is 276. The SMILES string of the molecule is C=C(C)Cc1ccccc1CO. The van der Waals surface area contributed by atoms with Crippen LogP contribution in [-0.2, 0) is 13.0 Å². The number of aliphatic hydroxyl groups is 1. The number of allylic oxidation sites excluding steroid dienone is 1. The maximum Gasteiger partial charge on any atom is 0.0684 e. The van der Waals surface area contributed by atoms with Gasteiger partial charge in [0.25, 0.3) is 0 Å². The third-order valence-electron chi connectivity index (χ3n) is 1.78. The average molecular weight is 162 g/mol. The fraction of sp³-hybridized carbons (Fsp3) is 0.273. The Morgan fingerprint density at radius 1 is 1.33 bits per heavy atom. The Hall–Kier alpha value is -1.08. The Morgan fingerprint density at radius 3 is 2.42 bits per heavy atom. The van der Waals surface area contributed by atoms with E-state index in [0.717, 1.165) is 17.6 Å². The molecule has 0 heterocycles. The normalized spacial score (nSPS) is 9.83. The van der Waals surface area contributed by atoms with E-state index in [1.165, 1.54) is 5.56 Å². The van der Waals surface area contributed by atoms with Gasteiger partial charge in [-0.15, -0.1) is 0 Å².